The van der Waals surface area contributed by atoms with Gasteiger partial charge in [-0.05, 0) is 123 Å². The molecule has 3 heteroatoms. The van der Waals surface area contributed by atoms with Crippen LogP contribution in [-0.4, -0.2) is 4.57 Å². The molecule has 0 fully saturated rings. The van der Waals surface area contributed by atoms with Crippen molar-refractivity contribution in [2.45, 2.75) is 0 Å². The minimum Gasteiger partial charge on any atom is -0.455 e. The van der Waals surface area contributed by atoms with Crippen LogP contribution in [0.5, 0.6) is 0 Å². The molecule has 0 bridgehead atoms. The third kappa shape index (κ3) is 5.51. The monoisotopic (exact) mass is 757 g/mol. The molecule has 10 aromatic carbocycles. The summed E-state index contributed by atoms with van der Waals surface area (Å²) in [4.78, 5) is 2.20. The number of hydrogen-bond donors (Lipinski definition) is 0. The minimum absolute atomic E-state index is 0.170. The fourth-order valence-corrected chi connectivity index (χ4v) is 8.81. The fourth-order valence-electron chi connectivity index (χ4n) is 8.81. The van der Waals surface area contributed by atoms with Crippen LogP contribution < -0.4 is 4.90 Å². The van der Waals surface area contributed by atoms with E-state index >= 15 is 0 Å². The predicted octanol–water partition coefficient (Wildman–Crippen LogP) is 15.8. The van der Waals surface area contributed by atoms with Gasteiger partial charge in [0, 0.05) is 49.7 Å². The summed E-state index contributed by atoms with van der Waals surface area (Å²) in [6.45, 7) is 0. The number of anilines is 3. The lowest BCUT2D eigenvalue weighted by molar-refractivity contribution is 0.672. The average Bonchev–Trinajstić information content (AvgIpc) is 3.89. The first-order valence-electron chi connectivity index (χ1n) is 22.2. The molecule has 12 rings (SSSR count). The largest absolute Gasteiger partial charge is 0.455 e. The highest BCUT2D eigenvalue weighted by Gasteiger charge is 2.18. The van der Waals surface area contributed by atoms with E-state index in [0.29, 0.717) is 5.56 Å². The first-order chi connectivity index (χ1) is 31.3. The molecule has 0 radical (unpaired) electrons. The number of furan rings is 1. The van der Waals surface area contributed by atoms with Crippen LogP contribution in [0.2, 0.25) is 0 Å². The van der Waals surface area contributed by atoms with Crippen molar-refractivity contribution in [2.75, 3.05) is 4.90 Å². The highest BCUT2D eigenvalue weighted by molar-refractivity contribution is 6.16. The van der Waals surface area contributed by atoms with E-state index in [2.05, 4.69) is 149 Å². The van der Waals surface area contributed by atoms with E-state index in [4.69, 9.17) is 11.3 Å². The number of hydrogen-bond acceptors (Lipinski definition) is 2. The lowest BCUT2D eigenvalue weighted by Gasteiger charge is -2.26. The van der Waals surface area contributed by atoms with E-state index in [-0.39, 0.29) is 29.7 Å². The van der Waals surface area contributed by atoms with Gasteiger partial charge in [-0.1, -0.05) is 133 Å². The Morgan fingerprint density at radius 3 is 1.93 bits per heavy atom. The van der Waals surface area contributed by atoms with Crippen molar-refractivity contribution in [3.8, 4) is 27.9 Å². The molecule has 0 amide bonds. The molecule has 0 saturated heterocycles. The van der Waals surface area contributed by atoms with E-state index in [1.807, 2.05) is 48.5 Å². The van der Waals surface area contributed by atoms with Crippen LogP contribution >= 0.6 is 0 Å². The number of nitrogens with zero attached hydrogens (tertiary/aromatic N) is 2. The molecule has 0 saturated carbocycles. The van der Waals surface area contributed by atoms with Gasteiger partial charge in [0.25, 0.3) is 0 Å². The lowest BCUT2D eigenvalue weighted by Crippen LogP contribution is -2.09. The van der Waals surface area contributed by atoms with Crippen LogP contribution in [0.3, 0.4) is 0 Å². The van der Waals surface area contributed by atoms with Gasteiger partial charge in [-0.3, -0.25) is 0 Å². The Labute approximate surface area is 348 Å². The molecule has 0 aliphatic heterocycles. The van der Waals surface area contributed by atoms with Crippen LogP contribution in [-0.2, 0) is 0 Å². The molecular weight excluding hydrogens is 717 g/mol. The Morgan fingerprint density at radius 2 is 1.05 bits per heavy atom. The minimum atomic E-state index is -0.410. The second-order valence-corrected chi connectivity index (χ2v) is 15.0. The smallest absolute Gasteiger partial charge is 0.143 e. The van der Waals surface area contributed by atoms with Crippen molar-refractivity contribution in [1.29, 1.82) is 0 Å². The van der Waals surface area contributed by atoms with Crippen molar-refractivity contribution in [1.82, 2.24) is 4.57 Å². The predicted molar refractivity (Wildman–Crippen MR) is 249 cm³/mol. The van der Waals surface area contributed by atoms with Crippen molar-refractivity contribution in [3.05, 3.63) is 218 Å². The SMILES string of the molecule is [2H]c1c([2H])c([2H])c(-c2ccc(N(c3ccc4ccc(-c5ccc6c(c5)c5ccccc5n6-c5ccccc5)cc4c3)c3ccc4oc5c6ccccc6ccc5c4c3)cc2)c([2H])c1[2H]. The molecule has 2 aromatic heterocycles. The zero-order valence-electron chi connectivity index (χ0n) is 36.7. The molecule has 2 heterocycles. The highest BCUT2D eigenvalue weighted by Crippen LogP contribution is 2.42. The lowest BCUT2D eigenvalue weighted by atomic mass is 9.99. The van der Waals surface area contributed by atoms with Crippen molar-refractivity contribution < 1.29 is 11.3 Å². The van der Waals surface area contributed by atoms with Crippen LogP contribution in [0, 0.1) is 0 Å². The van der Waals surface area contributed by atoms with E-state index in [0.717, 1.165) is 82.9 Å². The van der Waals surface area contributed by atoms with Gasteiger partial charge in [-0.15, -0.1) is 0 Å². The van der Waals surface area contributed by atoms with Gasteiger partial charge >= 0.3 is 0 Å². The molecule has 0 aliphatic carbocycles. The topological polar surface area (TPSA) is 21.3 Å². The first-order valence-corrected chi connectivity index (χ1v) is 19.7. The van der Waals surface area contributed by atoms with Gasteiger partial charge in [-0.2, -0.15) is 0 Å². The summed E-state index contributed by atoms with van der Waals surface area (Å²) in [5.41, 5.74) is 10.7. The first kappa shape index (κ1) is 28.5. The van der Waals surface area contributed by atoms with Crippen molar-refractivity contribution in [3.63, 3.8) is 0 Å². The van der Waals surface area contributed by atoms with Gasteiger partial charge in [0.1, 0.15) is 11.2 Å². The van der Waals surface area contributed by atoms with Gasteiger partial charge in [0.05, 0.1) is 17.9 Å². The number of para-hydroxylation sites is 2. The zero-order chi connectivity index (χ0) is 43.2. The number of aromatic nitrogens is 1. The normalized spacial score (nSPS) is 12.9. The van der Waals surface area contributed by atoms with Crippen LogP contribution in [0.1, 0.15) is 6.85 Å². The third-order valence-corrected chi connectivity index (χ3v) is 11.6. The maximum absolute atomic E-state index is 8.63. The maximum Gasteiger partial charge on any atom is 0.143 e. The van der Waals surface area contributed by atoms with Crippen LogP contribution in [0.25, 0.3) is 93.2 Å². The summed E-state index contributed by atoms with van der Waals surface area (Å²) in [5.74, 6) is 0. The van der Waals surface area contributed by atoms with E-state index in [9.17, 15) is 0 Å². The fraction of sp³-hybridized carbons (Fsp3) is 0. The maximum atomic E-state index is 8.63. The quantitative estimate of drug-likeness (QED) is 0.168. The van der Waals surface area contributed by atoms with Gasteiger partial charge < -0.3 is 13.9 Å². The Kier molecular flexibility index (Phi) is 6.46. The van der Waals surface area contributed by atoms with Crippen molar-refractivity contribution in [2.24, 2.45) is 0 Å². The summed E-state index contributed by atoms with van der Waals surface area (Å²) in [7, 11) is 0. The zero-order valence-corrected chi connectivity index (χ0v) is 31.7. The standard InChI is InChI=1S/C56H36N2O/c1-3-11-37(12-4-1)38-21-26-45(27-22-38)57(47-29-32-55-52(36-47)50-30-24-40-13-7-8-16-48(40)56(50)59-55)46-28-23-39-19-20-41(33-43(39)34-46)42-25-31-54-51(35-42)49-17-9-10-18-53(49)58(54)44-14-5-2-6-15-44/h1-36H/i1D,3D,4D,11D,12D. The number of fused-ring (bicyclic) bond motifs is 9. The Hall–Kier alpha value is -7.88. The number of rotatable bonds is 6. The molecule has 0 N–H and O–H groups in total. The molecule has 276 valence electrons. The van der Waals surface area contributed by atoms with Crippen LogP contribution in [0.4, 0.5) is 17.1 Å². The summed E-state index contributed by atoms with van der Waals surface area (Å²) in [5, 5.41) is 8.77. The Morgan fingerprint density at radius 1 is 0.390 bits per heavy atom. The summed E-state index contributed by atoms with van der Waals surface area (Å²) in [6.07, 6.45) is 0. The van der Waals surface area contributed by atoms with Gasteiger partial charge in [-0.25, -0.2) is 0 Å². The average molecular weight is 758 g/mol. The Bertz CT molecular complexity index is 3830. The highest BCUT2D eigenvalue weighted by atomic mass is 16.3. The van der Waals surface area contributed by atoms with E-state index in [1.165, 1.54) is 16.3 Å². The molecule has 59 heavy (non-hydrogen) atoms. The summed E-state index contributed by atoms with van der Waals surface area (Å²) < 4.78 is 50.8. The van der Waals surface area contributed by atoms with Gasteiger partial charge in [0.2, 0.25) is 0 Å². The molecule has 12 aromatic rings. The molecule has 3 nitrogen and oxygen atoms in total. The molecule has 0 spiro atoms. The molecule has 0 aliphatic rings. The number of benzene rings is 10. The molecule has 0 atom stereocenters. The third-order valence-electron chi connectivity index (χ3n) is 11.6. The summed E-state index contributed by atoms with van der Waals surface area (Å²) >= 11 is 0. The second kappa shape index (κ2) is 13.4. The summed E-state index contributed by atoms with van der Waals surface area (Å²) in [6, 6.07) is 63.7. The van der Waals surface area contributed by atoms with Crippen molar-refractivity contribution >= 4 is 82.4 Å². The Balaban J connectivity index is 1.01. The van der Waals surface area contributed by atoms with Gasteiger partial charge in [0.15, 0.2) is 0 Å². The molecular formula is C56H36N2O. The van der Waals surface area contributed by atoms with Crippen LogP contribution in [0.15, 0.2) is 223 Å². The van der Waals surface area contributed by atoms with E-state index in [1.54, 1.807) is 0 Å². The second-order valence-electron chi connectivity index (χ2n) is 15.0. The van der Waals surface area contributed by atoms with E-state index < -0.39 is 6.04 Å². The molecule has 0 unspecified atom stereocenters.